The number of rotatable bonds is 3. The van der Waals surface area contributed by atoms with Crippen LogP contribution in [0.1, 0.15) is 75.8 Å². The van der Waals surface area contributed by atoms with Gasteiger partial charge in [-0.25, -0.2) is 0 Å². The molecule has 3 aromatic carbocycles. The molecule has 2 aliphatic rings. The molecular weight excluding hydrogens is 571 g/mol. The maximum atomic E-state index is 5.26. The molecule has 0 nitrogen and oxygen atoms in total. The van der Waals surface area contributed by atoms with E-state index >= 15 is 0 Å². The minimum absolute atomic E-state index is 0. The van der Waals surface area contributed by atoms with E-state index in [0.717, 1.165) is 12.8 Å². The molecule has 0 spiro atoms. The fraction of sp³-hybridized carbons (Fsp3) is 0.324. The van der Waals surface area contributed by atoms with Crippen molar-refractivity contribution in [3.8, 4) is 11.1 Å². The van der Waals surface area contributed by atoms with Gasteiger partial charge in [0.05, 0.1) is 0 Å². The van der Waals surface area contributed by atoms with Crippen molar-refractivity contribution >= 4 is 35.6 Å². The first-order chi connectivity index (χ1) is 16.4. The number of halogens is 2. The van der Waals surface area contributed by atoms with Crippen molar-refractivity contribution < 1.29 is 19.8 Å². The van der Waals surface area contributed by atoms with Crippen molar-refractivity contribution in [2.24, 2.45) is 0 Å². The molecule has 0 bridgehead atoms. The number of hydrogen-bond donors (Lipinski definition) is 0. The Labute approximate surface area is 241 Å². The van der Waals surface area contributed by atoms with Gasteiger partial charge in [0.15, 0.2) is 0 Å². The van der Waals surface area contributed by atoms with Gasteiger partial charge in [-0.2, -0.15) is 0 Å². The molecule has 0 N–H and O–H groups in total. The molecule has 3 heteroatoms. The summed E-state index contributed by atoms with van der Waals surface area (Å²) in [4.78, 5) is 0. The second kappa shape index (κ2) is 10.6. The quantitative estimate of drug-likeness (QED) is 0.218. The van der Waals surface area contributed by atoms with Crippen LogP contribution in [-0.2, 0) is 37.0 Å². The summed E-state index contributed by atoms with van der Waals surface area (Å²) < 4.78 is 9.92. The standard InChI is InChI=1S/C21H25.C7H7.C5H5.CH2.2ClH.Zr/c1-20(2,3)16-9-7-14-11-15-8-10-17(21(4,5)6)13-19(15)18(14)12-16;1-7-5-3-2-4-6-7;1-2-4-5-3-1;;;;/h7,9-10,12-13H,11H2,1-6H3;2-3,5-6H,1H3;1-3H,4H2;1H2;2*1H;. The molecule has 37 heavy (non-hydrogen) atoms. The van der Waals surface area contributed by atoms with E-state index in [1.54, 1.807) is 12.1 Å². The number of aryl methyl sites for hydroxylation is 1. The summed E-state index contributed by atoms with van der Waals surface area (Å²) in [6.45, 7) is 16.2. The first kappa shape index (κ1) is 30.0. The molecule has 2 aliphatic carbocycles. The summed E-state index contributed by atoms with van der Waals surface area (Å²) in [5.74, 6) is 0. The Hall–Kier alpha value is -1.53. The topological polar surface area (TPSA) is 0 Å². The molecule has 0 aliphatic heterocycles. The monoisotopic (exact) mass is 609 g/mol. The summed E-state index contributed by atoms with van der Waals surface area (Å²) >= 11 is -3.43. The Kier molecular flexibility index (Phi) is 8.57. The van der Waals surface area contributed by atoms with Gasteiger partial charge in [0.1, 0.15) is 0 Å². The van der Waals surface area contributed by atoms with E-state index in [-0.39, 0.29) is 35.6 Å². The van der Waals surface area contributed by atoms with Crippen LogP contribution in [0.2, 0.25) is 0 Å². The average molecular weight is 612 g/mol. The third-order valence-corrected chi connectivity index (χ3v) is 18.2. The number of benzene rings is 3. The van der Waals surface area contributed by atoms with Crippen LogP contribution in [0.5, 0.6) is 0 Å². The first-order valence-electron chi connectivity index (χ1n) is 13.0. The van der Waals surface area contributed by atoms with Gasteiger partial charge >= 0.3 is 218 Å². The minimum atomic E-state index is -3.43. The van der Waals surface area contributed by atoms with Crippen molar-refractivity contribution in [1.82, 2.24) is 0 Å². The second-order valence-electron chi connectivity index (χ2n) is 12.7. The molecule has 0 heterocycles. The van der Waals surface area contributed by atoms with Crippen LogP contribution >= 0.6 is 24.8 Å². The Bertz CT molecular complexity index is 1440. The number of fused-ring (bicyclic) bond motifs is 3. The van der Waals surface area contributed by atoms with Gasteiger partial charge in [-0.05, 0) is 0 Å². The SMILES string of the molecule is Cl.Cl.[CH2]=[Zr]([C]1=CC=CC1)([c]1cccc(C)c1)[c]1cc(C(C)(C)C)cc2c1Cc1ccc(C(C)(C)C)cc1-2. The van der Waals surface area contributed by atoms with E-state index in [2.05, 4.69) is 121 Å². The first-order valence-corrected chi connectivity index (χ1v) is 18.4. The zero-order valence-electron chi connectivity index (χ0n) is 23.4. The van der Waals surface area contributed by atoms with Crippen LogP contribution in [0.15, 0.2) is 76.1 Å². The average Bonchev–Trinajstić information content (AvgIpc) is 3.44. The fourth-order valence-electron chi connectivity index (χ4n) is 5.74. The van der Waals surface area contributed by atoms with E-state index in [1.807, 2.05) is 0 Å². The second-order valence-corrected chi connectivity index (χ2v) is 21.5. The van der Waals surface area contributed by atoms with Gasteiger partial charge < -0.3 is 0 Å². The van der Waals surface area contributed by atoms with E-state index in [4.69, 9.17) is 4.21 Å². The molecule has 5 rings (SSSR count). The molecule has 0 radical (unpaired) electrons. The van der Waals surface area contributed by atoms with Gasteiger partial charge in [0.25, 0.3) is 0 Å². The third-order valence-electron chi connectivity index (χ3n) is 8.04. The van der Waals surface area contributed by atoms with Crippen LogP contribution in [0, 0.1) is 6.92 Å². The van der Waals surface area contributed by atoms with Gasteiger partial charge in [-0.1, -0.05) is 0 Å². The molecule has 0 amide bonds. The van der Waals surface area contributed by atoms with Crippen molar-refractivity contribution in [3.05, 3.63) is 104 Å². The van der Waals surface area contributed by atoms with Crippen LogP contribution in [0.4, 0.5) is 0 Å². The van der Waals surface area contributed by atoms with Crippen molar-refractivity contribution in [2.75, 3.05) is 0 Å². The summed E-state index contributed by atoms with van der Waals surface area (Å²) in [6.07, 6.45) is 9.03. The number of hydrogen-bond acceptors (Lipinski definition) is 0. The molecule has 3 aromatic rings. The van der Waals surface area contributed by atoms with E-state index in [9.17, 15) is 0 Å². The predicted molar refractivity (Wildman–Crippen MR) is 166 cm³/mol. The van der Waals surface area contributed by atoms with Gasteiger partial charge in [0, 0.05) is 0 Å². The van der Waals surface area contributed by atoms with E-state index < -0.39 is 19.8 Å². The summed E-state index contributed by atoms with van der Waals surface area (Å²) in [6, 6.07) is 21.5. The molecule has 0 aromatic heterocycles. The summed E-state index contributed by atoms with van der Waals surface area (Å²) in [7, 11) is 0. The zero-order chi connectivity index (χ0) is 25.2. The fourth-order valence-corrected chi connectivity index (χ4v) is 15.3. The van der Waals surface area contributed by atoms with Crippen molar-refractivity contribution in [1.29, 1.82) is 0 Å². The van der Waals surface area contributed by atoms with Gasteiger partial charge in [0.2, 0.25) is 0 Å². The summed E-state index contributed by atoms with van der Waals surface area (Å²) in [5.41, 5.74) is 10.3. The van der Waals surface area contributed by atoms with Crippen LogP contribution in [0.3, 0.4) is 0 Å². The predicted octanol–water partition coefficient (Wildman–Crippen LogP) is 8.39. The summed E-state index contributed by atoms with van der Waals surface area (Å²) in [5, 5.41) is 0. The number of allylic oxidation sites excluding steroid dienone is 4. The van der Waals surface area contributed by atoms with E-state index in [1.165, 1.54) is 36.7 Å². The van der Waals surface area contributed by atoms with Crippen molar-refractivity contribution in [3.63, 3.8) is 0 Å². The molecule has 195 valence electrons. The Balaban J connectivity index is 0.00000190. The van der Waals surface area contributed by atoms with Crippen LogP contribution < -0.4 is 6.54 Å². The Morgan fingerprint density at radius 2 is 1.46 bits per heavy atom. The molecule has 0 fully saturated rings. The molecular formula is C34H41Cl2Zr. The van der Waals surface area contributed by atoms with Gasteiger partial charge in [-0.3, -0.25) is 0 Å². The van der Waals surface area contributed by atoms with Gasteiger partial charge in [-0.15, -0.1) is 24.8 Å². The Morgan fingerprint density at radius 3 is 2.05 bits per heavy atom. The molecule has 0 saturated heterocycles. The molecule has 0 saturated carbocycles. The van der Waals surface area contributed by atoms with Crippen LogP contribution in [-0.4, -0.2) is 4.21 Å². The maximum absolute atomic E-state index is 5.26. The Morgan fingerprint density at radius 1 is 0.784 bits per heavy atom. The normalized spacial score (nSPS) is 15.7. The molecule has 1 atom stereocenters. The van der Waals surface area contributed by atoms with E-state index in [0.29, 0.717) is 0 Å². The molecule has 1 unspecified atom stereocenters. The zero-order valence-corrected chi connectivity index (χ0v) is 27.5. The third kappa shape index (κ3) is 5.34. The van der Waals surface area contributed by atoms with Crippen molar-refractivity contribution in [2.45, 2.75) is 72.1 Å². The van der Waals surface area contributed by atoms with Crippen LogP contribution in [0.25, 0.3) is 11.1 Å².